The molecular weight excluding hydrogens is 282 g/mol. The first-order chi connectivity index (χ1) is 9.99. The summed E-state index contributed by atoms with van der Waals surface area (Å²) in [5, 5.41) is 5.31. The summed E-state index contributed by atoms with van der Waals surface area (Å²) < 4.78 is 0. The van der Waals surface area contributed by atoms with Crippen molar-refractivity contribution >= 4 is 17.2 Å². The van der Waals surface area contributed by atoms with E-state index in [0.29, 0.717) is 0 Å². The van der Waals surface area contributed by atoms with Crippen molar-refractivity contribution in [3.8, 4) is 0 Å². The molecule has 1 aromatic heterocycles. The Kier molecular flexibility index (Phi) is 5.79. The van der Waals surface area contributed by atoms with Gasteiger partial charge in [0, 0.05) is 43.0 Å². The number of nitrogens with zero attached hydrogens (tertiary/aromatic N) is 2. The van der Waals surface area contributed by atoms with Gasteiger partial charge in [-0.15, -0.1) is 11.3 Å². The van der Waals surface area contributed by atoms with Gasteiger partial charge in [0.2, 0.25) is 5.91 Å². The van der Waals surface area contributed by atoms with Crippen LogP contribution in [0.3, 0.4) is 0 Å². The third-order valence-electron chi connectivity index (χ3n) is 4.13. The third kappa shape index (κ3) is 4.28. The maximum atomic E-state index is 12.0. The number of likely N-dealkylation sites (N-methyl/N-ethyl adjacent to an activating group) is 1. The Morgan fingerprint density at radius 1 is 1.24 bits per heavy atom. The van der Waals surface area contributed by atoms with Crippen LogP contribution in [0.5, 0.6) is 0 Å². The summed E-state index contributed by atoms with van der Waals surface area (Å²) in [5.74, 6) is 0.169. The van der Waals surface area contributed by atoms with E-state index in [2.05, 4.69) is 46.6 Å². The van der Waals surface area contributed by atoms with Crippen LogP contribution in [0.1, 0.15) is 31.7 Å². The van der Waals surface area contributed by atoms with E-state index in [4.69, 9.17) is 0 Å². The van der Waals surface area contributed by atoms with E-state index in [-0.39, 0.29) is 23.9 Å². The van der Waals surface area contributed by atoms with Crippen LogP contribution in [0.25, 0.3) is 0 Å². The van der Waals surface area contributed by atoms with Crippen LogP contribution in [0.2, 0.25) is 0 Å². The van der Waals surface area contributed by atoms with Crippen molar-refractivity contribution in [2.24, 2.45) is 5.92 Å². The fraction of sp³-hybridized carbons (Fsp3) is 0.688. The first kappa shape index (κ1) is 16.5. The van der Waals surface area contributed by atoms with E-state index in [0.717, 1.165) is 26.2 Å². The van der Waals surface area contributed by atoms with Crippen molar-refractivity contribution in [2.45, 2.75) is 32.9 Å². The average molecular weight is 309 g/mol. The van der Waals surface area contributed by atoms with Crippen LogP contribution in [0, 0.1) is 5.92 Å². The Morgan fingerprint density at radius 3 is 2.43 bits per heavy atom. The Labute approximate surface area is 132 Å². The number of hydrogen-bond acceptors (Lipinski definition) is 4. The van der Waals surface area contributed by atoms with Crippen molar-refractivity contribution in [3.05, 3.63) is 22.4 Å². The van der Waals surface area contributed by atoms with Gasteiger partial charge in [-0.3, -0.25) is 9.69 Å². The number of amides is 1. The van der Waals surface area contributed by atoms with Crippen LogP contribution >= 0.6 is 11.3 Å². The first-order valence-electron chi connectivity index (χ1n) is 7.75. The van der Waals surface area contributed by atoms with E-state index in [1.54, 1.807) is 11.3 Å². The Balaban J connectivity index is 2.11. The second-order valence-electron chi connectivity index (χ2n) is 6.25. The molecule has 5 heteroatoms. The second kappa shape index (κ2) is 7.38. The predicted octanol–water partition coefficient (Wildman–Crippen LogP) is 2.20. The first-order valence-corrected chi connectivity index (χ1v) is 8.63. The monoisotopic (exact) mass is 309 g/mol. The van der Waals surface area contributed by atoms with Crippen molar-refractivity contribution in [3.63, 3.8) is 0 Å². The summed E-state index contributed by atoms with van der Waals surface area (Å²) in [6.45, 7) is 10.3. The van der Waals surface area contributed by atoms with Crippen molar-refractivity contribution in [1.82, 2.24) is 15.1 Å². The normalized spacial score (nSPS) is 20.4. The molecule has 0 spiro atoms. The van der Waals surface area contributed by atoms with Crippen LogP contribution in [0.15, 0.2) is 17.5 Å². The van der Waals surface area contributed by atoms with Crippen LogP contribution in [-0.4, -0.2) is 55.0 Å². The lowest BCUT2D eigenvalue weighted by atomic mass is 10.0. The molecule has 2 atom stereocenters. The molecule has 1 amide bonds. The summed E-state index contributed by atoms with van der Waals surface area (Å²) in [7, 11) is 2.17. The summed E-state index contributed by atoms with van der Waals surface area (Å²) in [4.78, 5) is 18.2. The van der Waals surface area contributed by atoms with Gasteiger partial charge < -0.3 is 10.2 Å². The Bertz CT molecular complexity index is 438. The summed E-state index contributed by atoms with van der Waals surface area (Å²) in [6, 6.07) is 4.69. The molecule has 1 saturated heterocycles. The van der Waals surface area contributed by atoms with Crippen LogP contribution < -0.4 is 5.32 Å². The highest BCUT2D eigenvalue weighted by atomic mass is 32.1. The predicted molar refractivity (Wildman–Crippen MR) is 88.6 cm³/mol. The maximum absolute atomic E-state index is 12.0. The zero-order chi connectivity index (χ0) is 15.4. The molecular formula is C16H27N3OS. The van der Waals surface area contributed by atoms with E-state index in [1.165, 1.54) is 4.88 Å². The minimum absolute atomic E-state index is 0.0314. The van der Waals surface area contributed by atoms with Gasteiger partial charge in [-0.05, 0) is 25.4 Å². The molecule has 0 saturated carbocycles. The number of piperazine rings is 1. The van der Waals surface area contributed by atoms with Gasteiger partial charge in [0.05, 0.1) is 6.04 Å². The van der Waals surface area contributed by atoms with Gasteiger partial charge >= 0.3 is 0 Å². The zero-order valence-electron chi connectivity index (χ0n) is 13.5. The molecule has 0 bridgehead atoms. The molecule has 0 aliphatic carbocycles. The lowest BCUT2D eigenvalue weighted by Crippen LogP contribution is -2.51. The topological polar surface area (TPSA) is 35.6 Å². The summed E-state index contributed by atoms with van der Waals surface area (Å²) >= 11 is 1.78. The second-order valence-corrected chi connectivity index (χ2v) is 7.23. The Hall–Kier alpha value is -0.910. The zero-order valence-corrected chi connectivity index (χ0v) is 14.3. The van der Waals surface area contributed by atoms with E-state index >= 15 is 0 Å². The van der Waals surface area contributed by atoms with E-state index in [1.807, 2.05) is 13.8 Å². The number of nitrogens with one attached hydrogen (secondary N) is 1. The SMILES string of the molecule is CC(C)C(=O)N[C@@H](C)[C@@H](c1cccs1)N1CCN(C)CC1. The smallest absolute Gasteiger partial charge is 0.222 e. The number of rotatable bonds is 5. The maximum Gasteiger partial charge on any atom is 0.222 e. The van der Waals surface area contributed by atoms with Crippen molar-refractivity contribution in [2.75, 3.05) is 33.2 Å². The van der Waals surface area contributed by atoms with E-state index in [9.17, 15) is 4.79 Å². The molecule has 1 aliphatic heterocycles. The molecule has 0 radical (unpaired) electrons. The van der Waals surface area contributed by atoms with Crippen molar-refractivity contribution < 1.29 is 4.79 Å². The molecule has 21 heavy (non-hydrogen) atoms. The standard InChI is InChI=1S/C16H27N3OS/c1-12(2)16(20)17-13(3)15(14-6-5-11-21-14)19-9-7-18(4)8-10-19/h5-6,11-13,15H,7-10H2,1-4H3,(H,17,20)/t13-,15-/m0/s1. The minimum atomic E-state index is 0.0314. The average Bonchev–Trinajstić information content (AvgIpc) is 2.95. The van der Waals surface area contributed by atoms with Gasteiger partial charge in [-0.2, -0.15) is 0 Å². The largest absolute Gasteiger partial charge is 0.351 e. The number of carbonyl (C=O) groups is 1. The molecule has 1 fully saturated rings. The fourth-order valence-electron chi connectivity index (χ4n) is 2.77. The molecule has 1 aromatic rings. The third-order valence-corrected chi connectivity index (χ3v) is 5.08. The summed E-state index contributed by atoms with van der Waals surface area (Å²) in [6.07, 6.45) is 0. The molecule has 1 aliphatic rings. The van der Waals surface area contributed by atoms with Gasteiger partial charge in [-0.25, -0.2) is 0 Å². The highest BCUT2D eigenvalue weighted by molar-refractivity contribution is 7.10. The quantitative estimate of drug-likeness (QED) is 0.906. The molecule has 0 unspecified atom stereocenters. The Morgan fingerprint density at radius 2 is 1.90 bits per heavy atom. The molecule has 4 nitrogen and oxygen atoms in total. The van der Waals surface area contributed by atoms with Crippen molar-refractivity contribution in [1.29, 1.82) is 0 Å². The van der Waals surface area contributed by atoms with Gasteiger partial charge in [0.15, 0.2) is 0 Å². The molecule has 0 aromatic carbocycles. The van der Waals surface area contributed by atoms with Gasteiger partial charge in [0.1, 0.15) is 0 Å². The highest BCUT2D eigenvalue weighted by Crippen LogP contribution is 2.29. The molecule has 2 rings (SSSR count). The van der Waals surface area contributed by atoms with Gasteiger partial charge in [-0.1, -0.05) is 19.9 Å². The van der Waals surface area contributed by atoms with E-state index < -0.39 is 0 Å². The molecule has 118 valence electrons. The highest BCUT2D eigenvalue weighted by Gasteiger charge is 2.30. The van der Waals surface area contributed by atoms with Crippen LogP contribution in [-0.2, 0) is 4.79 Å². The molecule has 2 heterocycles. The van der Waals surface area contributed by atoms with Gasteiger partial charge in [0.25, 0.3) is 0 Å². The van der Waals surface area contributed by atoms with Crippen LogP contribution in [0.4, 0.5) is 0 Å². The number of carbonyl (C=O) groups excluding carboxylic acids is 1. The number of thiophene rings is 1. The minimum Gasteiger partial charge on any atom is -0.351 e. The lowest BCUT2D eigenvalue weighted by molar-refractivity contribution is -0.125. The summed E-state index contributed by atoms with van der Waals surface area (Å²) in [5.41, 5.74) is 0. The number of hydrogen-bond donors (Lipinski definition) is 1. The fourth-order valence-corrected chi connectivity index (χ4v) is 3.74. The lowest BCUT2D eigenvalue weighted by Gasteiger charge is -2.40. The molecule has 1 N–H and O–H groups in total.